The maximum absolute atomic E-state index is 13.6. The first-order chi connectivity index (χ1) is 12.1. The van der Waals surface area contributed by atoms with E-state index < -0.39 is 11.9 Å². The Balaban J connectivity index is 1.40. The molecule has 1 atom stereocenters. The third-order valence-corrected chi connectivity index (χ3v) is 4.39. The van der Waals surface area contributed by atoms with E-state index in [1.165, 1.54) is 12.1 Å². The van der Waals surface area contributed by atoms with Crippen molar-refractivity contribution in [3.05, 3.63) is 60.3 Å². The molecule has 1 amide bonds. The molecule has 0 spiro atoms. The number of aromatic nitrogens is 3. The zero-order valence-electron chi connectivity index (χ0n) is 13.7. The summed E-state index contributed by atoms with van der Waals surface area (Å²) in [5, 5.41) is 8.36. The van der Waals surface area contributed by atoms with Gasteiger partial charge in [-0.2, -0.15) is 0 Å². The Morgan fingerprint density at radius 2 is 1.96 bits per heavy atom. The highest BCUT2D eigenvalue weighted by molar-refractivity contribution is 5.81. The lowest BCUT2D eigenvalue weighted by Crippen LogP contribution is -2.53. The number of carbonyl (C=O) groups is 1. The molecule has 3 heterocycles. The van der Waals surface area contributed by atoms with Crippen LogP contribution in [0.3, 0.4) is 0 Å². The number of likely N-dealkylation sites (tertiary alicyclic amines) is 1. The SMILES string of the molecule is CC(Oc1ccccc1F)C(=O)N1CC(c2nnc3ccccn23)C1. The van der Waals surface area contributed by atoms with Gasteiger partial charge in [0.25, 0.3) is 5.91 Å². The number of pyridine rings is 1. The topological polar surface area (TPSA) is 59.7 Å². The Labute approximate surface area is 143 Å². The van der Waals surface area contributed by atoms with Crippen LogP contribution in [-0.4, -0.2) is 44.6 Å². The summed E-state index contributed by atoms with van der Waals surface area (Å²) in [5.41, 5.74) is 0.790. The van der Waals surface area contributed by atoms with Gasteiger partial charge in [-0.3, -0.25) is 9.20 Å². The van der Waals surface area contributed by atoms with Crippen LogP contribution in [0.15, 0.2) is 48.7 Å². The van der Waals surface area contributed by atoms with Crippen molar-refractivity contribution in [2.24, 2.45) is 0 Å². The van der Waals surface area contributed by atoms with E-state index in [1.807, 2.05) is 28.8 Å². The molecule has 2 aromatic heterocycles. The zero-order valence-corrected chi connectivity index (χ0v) is 13.7. The van der Waals surface area contributed by atoms with Gasteiger partial charge in [0.05, 0.1) is 5.92 Å². The van der Waals surface area contributed by atoms with Crippen LogP contribution in [0, 0.1) is 5.82 Å². The van der Waals surface area contributed by atoms with E-state index in [4.69, 9.17) is 4.74 Å². The first-order valence-electron chi connectivity index (χ1n) is 8.13. The van der Waals surface area contributed by atoms with Crippen molar-refractivity contribution in [1.29, 1.82) is 0 Å². The summed E-state index contributed by atoms with van der Waals surface area (Å²) in [5.74, 6) is 0.445. The largest absolute Gasteiger partial charge is 0.478 e. The molecule has 4 rings (SSSR count). The van der Waals surface area contributed by atoms with Gasteiger partial charge in [-0.25, -0.2) is 4.39 Å². The van der Waals surface area contributed by atoms with E-state index in [0.29, 0.717) is 13.1 Å². The molecule has 0 aliphatic carbocycles. The summed E-state index contributed by atoms with van der Waals surface area (Å²) in [7, 11) is 0. The fourth-order valence-corrected chi connectivity index (χ4v) is 3.00. The number of nitrogens with zero attached hydrogens (tertiary/aromatic N) is 4. The maximum atomic E-state index is 13.6. The fourth-order valence-electron chi connectivity index (χ4n) is 3.00. The second kappa shape index (κ2) is 6.16. The summed E-state index contributed by atoms with van der Waals surface area (Å²) < 4.78 is 21.0. The van der Waals surface area contributed by atoms with Crippen LogP contribution in [0.4, 0.5) is 4.39 Å². The molecule has 1 aromatic carbocycles. The Morgan fingerprint density at radius 3 is 2.76 bits per heavy atom. The number of para-hydroxylation sites is 1. The normalized spacial score (nSPS) is 15.8. The quantitative estimate of drug-likeness (QED) is 0.731. The second-order valence-corrected chi connectivity index (χ2v) is 6.12. The van der Waals surface area contributed by atoms with Crippen LogP contribution in [0.1, 0.15) is 18.7 Å². The molecule has 1 unspecified atom stereocenters. The van der Waals surface area contributed by atoms with Crippen molar-refractivity contribution in [3.63, 3.8) is 0 Å². The number of rotatable bonds is 4. The molecule has 0 radical (unpaired) electrons. The van der Waals surface area contributed by atoms with Gasteiger partial charge in [0.1, 0.15) is 5.82 Å². The van der Waals surface area contributed by atoms with E-state index in [0.717, 1.165) is 11.5 Å². The highest BCUT2D eigenvalue weighted by Gasteiger charge is 2.37. The number of benzene rings is 1. The Hall–Kier alpha value is -2.96. The average Bonchev–Trinajstić information content (AvgIpc) is 2.99. The van der Waals surface area contributed by atoms with Gasteiger partial charge in [-0.1, -0.05) is 18.2 Å². The Bertz CT molecular complexity index is 920. The van der Waals surface area contributed by atoms with E-state index in [2.05, 4.69) is 10.2 Å². The van der Waals surface area contributed by atoms with Gasteiger partial charge in [-0.15, -0.1) is 10.2 Å². The Morgan fingerprint density at radius 1 is 1.20 bits per heavy atom. The lowest BCUT2D eigenvalue weighted by atomic mass is 9.98. The van der Waals surface area contributed by atoms with Crippen LogP contribution < -0.4 is 4.74 Å². The van der Waals surface area contributed by atoms with Crippen molar-refractivity contribution in [2.75, 3.05) is 13.1 Å². The molecule has 3 aromatic rings. The first-order valence-corrected chi connectivity index (χ1v) is 8.13. The standard InChI is InChI=1S/C18H17FN4O2/c1-12(25-15-7-3-2-6-14(15)19)18(24)22-10-13(11-22)17-21-20-16-8-4-5-9-23(16)17/h2-9,12-13H,10-11H2,1H3. The highest BCUT2D eigenvalue weighted by atomic mass is 19.1. The number of hydrogen-bond donors (Lipinski definition) is 0. The molecule has 1 saturated heterocycles. The van der Waals surface area contributed by atoms with Crippen LogP contribution >= 0.6 is 0 Å². The summed E-state index contributed by atoms with van der Waals surface area (Å²) in [6.45, 7) is 2.74. The van der Waals surface area contributed by atoms with Crippen molar-refractivity contribution >= 4 is 11.6 Å². The summed E-state index contributed by atoms with van der Waals surface area (Å²) in [6.07, 6.45) is 1.17. The number of fused-ring (bicyclic) bond motifs is 1. The molecular formula is C18H17FN4O2. The molecule has 0 N–H and O–H groups in total. The Kier molecular flexibility index (Phi) is 3.83. The summed E-state index contributed by atoms with van der Waals surface area (Å²) in [6, 6.07) is 11.8. The average molecular weight is 340 g/mol. The number of hydrogen-bond acceptors (Lipinski definition) is 4. The predicted octanol–water partition coefficient (Wildman–Crippen LogP) is 2.26. The number of ether oxygens (including phenoxy) is 1. The molecule has 1 fully saturated rings. The molecule has 0 saturated carbocycles. The monoisotopic (exact) mass is 340 g/mol. The lowest BCUT2D eigenvalue weighted by Gasteiger charge is -2.39. The number of amides is 1. The number of carbonyl (C=O) groups excluding carboxylic acids is 1. The smallest absolute Gasteiger partial charge is 0.263 e. The zero-order chi connectivity index (χ0) is 17.4. The van der Waals surface area contributed by atoms with Crippen molar-refractivity contribution in [3.8, 4) is 5.75 Å². The molecule has 1 aliphatic heterocycles. The van der Waals surface area contributed by atoms with Crippen molar-refractivity contribution < 1.29 is 13.9 Å². The summed E-state index contributed by atoms with van der Waals surface area (Å²) >= 11 is 0. The van der Waals surface area contributed by atoms with E-state index in [-0.39, 0.29) is 17.6 Å². The van der Waals surface area contributed by atoms with Crippen LogP contribution in [0.5, 0.6) is 5.75 Å². The van der Waals surface area contributed by atoms with E-state index in [9.17, 15) is 9.18 Å². The first kappa shape index (κ1) is 15.6. The van der Waals surface area contributed by atoms with Gasteiger partial charge in [0.2, 0.25) is 0 Å². The molecule has 1 aliphatic rings. The molecular weight excluding hydrogens is 323 g/mol. The second-order valence-electron chi connectivity index (χ2n) is 6.12. The fraction of sp³-hybridized carbons (Fsp3) is 0.278. The molecule has 128 valence electrons. The lowest BCUT2D eigenvalue weighted by molar-refractivity contribution is -0.142. The predicted molar refractivity (Wildman–Crippen MR) is 88.8 cm³/mol. The number of halogens is 1. The minimum absolute atomic E-state index is 0.0869. The molecule has 7 heteroatoms. The van der Waals surface area contributed by atoms with Crippen molar-refractivity contribution in [2.45, 2.75) is 18.9 Å². The summed E-state index contributed by atoms with van der Waals surface area (Å²) in [4.78, 5) is 14.1. The van der Waals surface area contributed by atoms with E-state index >= 15 is 0 Å². The third kappa shape index (κ3) is 2.82. The molecule has 0 bridgehead atoms. The van der Waals surface area contributed by atoms with Gasteiger partial charge in [0.15, 0.2) is 23.3 Å². The van der Waals surface area contributed by atoms with Gasteiger partial charge >= 0.3 is 0 Å². The minimum atomic E-state index is -0.743. The van der Waals surface area contributed by atoms with Gasteiger partial charge in [-0.05, 0) is 31.2 Å². The van der Waals surface area contributed by atoms with Crippen LogP contribution in [-0.2, 0) is 4.79 Å². The maximum Gasteiger partial charge on any atom is 0.263 e. The molecule has 6 nitrogen and oxygen atoms in total. The van der Waals surface area contributed by atoms with Crippen LogP contribution in [0.2, 0.25) is 0 Å². The van der Waals surface area contributed by atoms with Crippen LogP contribution in [0.25, 0.3) is 5.65 Å². The van der Waals surface area contributed by atoms with Gasteiger partial charge < -0.3 is 9.64 Å². The molecule has 25 heavy (non-hydrogen) atoms. The van der Waals surface area contributed by atoms with E-state index in [1.54, 1.807) is 24.0 Å². The minimum Gasteiger partial charge on any atom is -0.478 e. The highest BCUT2D eigenvalue weighted by Crippen LogP contribution is 2.27. The van der Waals surface area contributed by atoms with Crippen molar-refractivity contribution in [1.82, 2.24) is 19.5 Å². The third-order valence-electron chi connectivity index (χ3n) is 4.39. The van der Waals surface area contributed by atoms with Gasteiger partial charge in [0, 0.05) is 19.3 Å².